The van der Waals surface area contributed by atoms with Gasteiger partial charge in [0.15, 0.2) is 0 Å². The number of nitrogens with one attached hydrogen (secondary N) is 1. The average molecular weight is 398 g/mol. The van der Waals surface area contributed by atoms with Crippen molar-refractivity contribution in [2.75, 3.05) is 19.6 Å². The highest BCUT2D eigenvalue weighted by Crippen LogP contribution is 2.36. The van der Waals surface area contributed by atoms with E-state index in [1.807, 2.05) is 6.07 Å². The summed E-state index contributed by atoms with van der Waals surface area (Å²) in [6, 6.07) is 4.32. The molecule has 1 unspecified atom stereocenters. The minimum absolute atomic E-state index is 0.0243. The maximum atomic E-state index is 13.2. The van der Waals surface area contributed by atoms with Crippen molar-refractivity contribution in [3.8, 4) is 0 Å². The first-order valence-corrected chi connectivity index (χ1v) is 10.0. The van der Waals surface area contributed by atoms with E-state index in [1.165, 1.54) is 0 Å². The summed E-state index contributed by atoms with van der Waals surface area (Å²) in [7, 11) is 0. The number of hydrogen-bond donors (Lipinski definition) is 2. The van der Waals surface area contributed by atoms with Crippen LogP contribution in [0, 0.1) is 11.3 Å². The summed E-state index contributed by atoms with van der Waals surface area (Å²) < 4.78 is 0. The normalized spacial score (nSPS) is 30.1. The lowest BCUT2D eigenvalue weighted by molar-refractivity contribution is -0.136. The van der Waals surface area contributed by atoms with Crippen LogP contribution in [0.5, 0.6) is 0 Å². The Morgan fingerprint density at radius 1 is 1.21 bits per heavy atom. The molecule has 1 aromatic carbocycles. The molecule has 2 saturated heterocycles. The Morgan fingerprint density at radius 3 is 2.62 bits per heavy atom. The fourth-order valence-electron chi connectivity index (χ4n) is 4.68. The van der Waals surface area contributed by atoms with Crippen LogP contribution in [0.25, 0.3) is 0 Å². The molecular weight excluding hydrogens is 372 g/mol. The zero-order valence-corrected chi connectivity index (χ0v) is 16.7. The van der Waals surface area contributed by atoms with Crippen LogP contribution in [0.4, 0.5) is 0 Å². The molecule has 0 spiro atoms. The van der Waals surface area contributed by atoms with E-state index in [9.17, 15) is 19.2 Å². The Kier molecular flexibility index (Phi) is 4.78. The minimum atomic E-state index is -0.944. The molecule has 29 heavy (non-hydrogen) atoms. The number of hydrogen-bond acceptors (Lipinski definition) is 6. The summed E-state index contributed by atoms with van der Waals surface area (Å²) in [5, 5.41) is 2.22. The molecule has 3 aliphatic rings. The van der Waals surface area contributed by atoms with Gasteiger partial charge in [0.2, 0.25) is 11.8 Å². The van der Waals surface area contributed by atoms with Crippen LogP contribution in [-0.4, -0.2) is 59.1 Å². The lowest BCUT2D eigenvalue weighted by atomic mass is 9.81. The summed E-state index contributed by atoms with van der Waals surface area (Å²) in [6.45, 7) is 7.20. The highest BCUT2D eigenvalue weighted by atomic mass is 16.2. The fraction of sp³-hybridized carbons (Fsp3) is 0.524. The first-order valence-electron chi connectivity index (χ1n) is 10.0. The second-order valence-electron chi connectivity index (χ2n) is 8.72. The highest BCUT2D eigenvalue weighted by Gasteiger charge is 2.46. The number of carbonyl (C=O) groups excluding carboxylic acids is 4. The van der Waals surface area contributed by atoms with Gasteiger partial charge in [-0.3, -0.25) is 34.3 Å². The highest BCUT2D eigenvalue weighted by molar-refractivity contribution is 6.24. The molecule has 3 aliphatic heterocycles. The molecule has 0 bridgehead atoms. The zero-order chi connectivity index (χ0) is 20.9. The van der Waals surface area contributed by atoms with Gasteiger partial charge < -0.3 is 5.73 Å². The molecule has 3 N–H and O–H groups in total. The Morgan fingerprint density at radius 2 is 1.97 bits per heavy atom. The van der Waals surface area contributed by atoms with Gasteiger partial charge in [-0.25, -0.2) is 0 Å². The van der Waals surface area contributed by atoms with E-state index in [4.69, 9.17) is 5.73 Å². The van der Waals surface area contributed by atoms with Crippen LogP contribution >= 0.6 is 0 Å². The standard InChI is InChI=1S/C21H26N4O4/c1-12-8-24(11-21(12,2)10-22)9-13-4-3-5-14-17(13)20(29)25(19(14)28)15-6-7-16(26)23-18(15)27/h3-5,12,15H,6-11,22H2,1-2H3,(H,23,26,27)/t12-,15?,21-/m1/s1. The largest absolute Gasteiger partial charge is 0.330 e. The molecule has 0 saturated carbocycles. The van der Waals surface area contributed by atoms with Gasteiger partial charge in [-0.05, 0) is 35.9 Å². The number of carbonyl (C=O) groups is 4. The molecule has 1 aromatic rings. The van der Waals surface area contributed by atoms with Crippen molar-refractivity contribution in [2.24, 2.45) is 17.1 Å². The Balaban J connectivity index is 1.60. The minimum Gasteiger partial charge on any atom is -0.330 e. The summed E-state index contributed by atoms with van der Waals surface area (Å²) >= 11 is 0. The second-order valence-corrected chi connectivity index (χ2v) is 8.72. The van der Waals surface area contributed by atoms with Crippen molar-refractivity contribution in [3.05, 3.63) is 34.9 Å². The number of nitrogens with zero attached hydrogens (tertiary/aromatic N) is 2. The summed E-state index contributed by atoms with van der Waals surface area (Å²) in [6.07, 6.45) is 0.268. The third kappa shape index (κ3) is 3.16. The van der Waals surface area contributed by atoms with Crippen LogP contribution in [0.1, 0.15) is 53.0 Å². The van der Waals surface area contributed by atoms with E-state index >= 15 is 0 Å². The van der Waals surface area contributed by atoms with E-state index in [0.29, 0.717) is 30.1 Å². The van der Waals surface area contributed by atoms with Gasteiger partial charge in [0, 0.05) is 26.1 Å². The Labute approximate surface area is 169 Å². The van der Waals surface area contributed by atoms with Gasteiger partial charge in [0.1, 0.15) is 6.04 Å². The first-order chi connectivity index (χ1) is 13.7. The van der Waals surface area contributed by atoms with E-state index in [0.717, 1.165) is 23.6 Å². The number of fused-ring (bicyclic) bond motifs is 1. The van der Waals surface area contributed by atoms with Crippen LogP contribution in [0.3, 0.4) is 0 Å². The van der Waals surface area contributed by atoms with Crippen LogP contribution in [0.15, 0.2) is 18.2 Å². The number of imide groups is 2. The molecule has 0 aromatic heterocycles. The summed E-state index contributed by atoms with van der Waals surface area (Å²) in [5.41, 5.74) is 7.48. The van der Waals surface area contributed by atoms with E-state index in [1.54, 1.807) is 12.1 Å². The number of rotatable bonds is 4. The third-order valence-corrected chi connectivity index (χ3v) is 6.72. The number of nitrogens with two attached hydrogens (primary N) is 1. The molecule has 4 amide bonds. The van der Waals surface area contributed by atoms with Crippen LogP contribution in [-0.2, 0) is 16.1 Å². The van der Waals surface area contributed by atoms with Crippen molar-refractivity contribution < 1.29 is 19.2 Å². The fourth-order valence-corrected chi connectivity index (χ4v) is 4.68. The lowest BCUT2D eigenvalue weighted by Crippen LogP contribution is -2.54. The number of piperidine rings is 1. The number of benzene rings is 1. The number of likely N-dealkylation sites (tertiary alicyclic amines) is 1. The van der Waals surface area contributed by atoms with Crippen LogP contribution in [0.2, 0.25) is 0 Å². The summed E-state index contributed by atoms with van der Waals surface area (Å²) in [5.74, 6) is -1.47. The quantitative estimate of drug-likeness (QED) is 0.715. The maximum Gasteiger partial charge on any atom is 0.262 e. The topological polar surface area (TPSA) is 113 Å². The Bertz CT molecular complexity index is 914. The molecule has 4 rings (SSSR count). The SMILES string of the molecule is C[C@@H]1CN(Cc2cccc3c2C(=O)N(C2CCC(=O)NC2=O)C3=O)C[C@@]1(C)CN. The third-order valence-electron chi connectivity index (χ3n) is 6.72. The lowest BCUT2D eigenvalue weighted by Gasteiger charge is -2.28. The van der Waals surface area contributed by atoms with Crippen molar-refractivity contribution >= 4 is 23.6 Å². The molecule has 2 fully saturated rings. The zero-order valence-electron chi connectivity index (χ0n) is 16.7. The van der Waals surface area contributed by atoms with Gasteiger partial charge in [-0.2, -0.15) is 0 Å². The van der Waals surface area contributed by atoms with Gasteiger partial charge >= 0.3 is 0 Å². The molecular formula is C21H26N4O4. The van der Waals surface area contributed by atoms with Gasteiger partial charge in [0.05, 0.1) is 11.1 Å². The van der Waals surface area contributed by atoms with Crippen molar-refractivity contribution in [1.29, 1.82) is 0 Å². The van der Waals surface area contributed by atoms with Crippen molar-refractivity contribution in [3.63, 3.8) is 0 Å². The molecule has 0 radical (unpaired) electrons. The number of amides is 4. The maximum absolute atomic E-state index is 13.2. The van der Waals surface area contributed by atoms with E-state index < -0.39 is 23.8 Å². The second kappa shape index (κ2) is 7.03. The van der Waals surface area contributed by atoms with Crippen molar-refractivity contribution in [1.82, 2.24) is 15.1 Å². The van der Waals surface area contributed by atoms with Gasteiger partial charge in [-0.1, -0.05) is 26.0 Å². The van der Waals surface area contributed by atoms with E-state index in [2.05, 4.69) is 24.1 Å². The Hall–Kier alpha value is -2.58. The molecule has 8 heteroatoms. The predicted octanol–water partition coefficient (Wildman–Crippen LogP) is 0.505. The molecule has 154 valence electrons. The van der Waals surface area contributed by atoms with Crippen LogP contribution < -0.4 is 11.1 Å². The average Bonchev–Trinajstić information content (AvgIpc) is 3.10. The molecule has 3 atom stereocenters. The predicted molar refractivity (Wildman–Crippen MR) is 105 cm³/mol. The van der Waals surface area contributed by atoms with Gasteiger partial charge in [0.25, 0.3) is 11.8 Å². The van der Waals surface area contributed by atoms with E-state index in [-0.39, 0.29) is 24.2 Å². The molecule has 0 aliphatic carbocycles. The first kappa shape index (κ1) is 19.7. The van der Waals surface area contributed by atoms with Gasteiger partial charge in [-0.15, -0.1) is 0 Å². The van der Waals surface area contributed by atoms with Crippen molar-refractivity contribution in [2.45, 2.75) is 39.3 Å². The molecule has 8 nitrogen and oxygen atoms in total. The summed E-state index contributed by atoms with van der Waals surface area (Å²) in [4.78, 5) is 53.1. The monoisotopic (exact) mass is 398 g/mol. The smallest absolute Gasteiger partial charge is 0.262 e. The molecule has 3 heterocycles.